The molecule has 0 rings (SSSR count). The average molecular weight is 338 g/mol. The Morgan fingerprint density at radius 3 is 2.32 bits per heavy atom. The van der Waals surface area contributed by atoms with Gasteiger partial charge in [0.1, 0.15) is 0 Å². The fraction of sp³-hybridized carbons (Fsp3) is 0.786. The number of carbonyl (C=O) groups is 1. The summed E-state index contributed by atoms with van der Waals surface area (Å²) in [6.07, 6.45) is 6.09. The first-order valence-corrected chi connectivity index (χ1v) is 8.90. The number of quaternary nitrogens is 1. The molecule has 0 aliphatic carbocycles. The summed E-state index contributed by atoms with van der Waals surface area (Å²) in [5, 5.41) is 0. The number of hydrogen-bond donors (Lipinski definition) is 2. The Bertz CT molecular complexity index is 399. The Hall–Kier alpha value is -0.720. The Kier molecular flexibility index (Phi) is 9.80. The average Bonchev–Trinajstić information content (AvgIpc) is 2.33. The number of allylic oxidation sites excluding steroid dienone is 1. The molecule has 0 aliphatic rings. The predicted molar refractivity (Wildman–Crippen MR) is 84.1 cm³/mol. The van der Waals surface area contributed by atoms with Crippen molar-refractivity contribution >= 4 is 13.8 Å². The van der Waals surface area contributed by atoms with Crippen molar-refractivity contribution in [2.75, 3.05) is 34.4 Å². The molecule has 0 spiro atoms. The molecule has 1 unspecified atom stereocenters. The number of phosphoric acid groups is 1. The first-order valence-electron chi connectivity index (χ1n) is 7.37. The van der Waals surface area contributed by atoms with Crippen molar-refractivity contribution in [3.05, 3.63) is 12.2 Å². The van der Waals surface area contributed by atoms with Crippen LogP contribution in [0, 0.1) is 0 Å². The van der Waals surface area contributed by atoms with Gasteiger partial charge in [-0.2, -0.15) is 0 Å². The monoisotopic (exact) mass is 338 g/mol. The summed E-state index contributed by atoms with van der Waals surface area (Å²) in [4.78, 5) is 28.5. The van der Waals surface area contributed by atoms with E-state index in [2.05, 4.69) is 4.52 Å². The number of carbonyl (C=O) groups excluding carboxylic acids is 1. The summed E-state index contributed by atoms with van der Waals surface area (Å²) in [5.74, 6) is -0.333. The van der Waals surface area contributed by atoms with Crippen LogP contribution in [0.5, 0.6) is 0 Å². The maximum atomic E-state index is 11.1. The molecule has 0 bridgehead atoms. The minimum absolute atomic E-state index is 0.0285. The lowest BCUT2D eigenvalue weighted by Gasteiger charge is -2.34. The molecule has 0 fully saturated rings. The highest BCUT2D eigenvalue weighted by Crippen LogP contribution is 2.36. The molecule has 8 heteroatoms. The second-order valence-electron chi connectivity index (χ2n) is 6.05. The number of ether oxygens (including phenoxy) is 1. The topological polar surface area (TPSA) is 93.1 Å². The van der Waals surface area contributed by atoms with E-state index in [4.69, 9.17) is 14.5 Å². The van der Waals surface area contributed by atoms with Crippen LogP contribution in [0.3, 0.4) is 0 Å². The van der Waals surface area contributed by atoms with E-state index in [1.54, 1.807) is 13.0 Å². The number of esters is 1. The summed E-state index contributed by atoms with van der Waals surface area (Å²) in [6, 6.07) is 0.220. The van der Waals surface area contributed by atoms with Crippen molar-refractivity contribution < 1.29 is 32.9 Å². The number of phosphoric ester groups is 1. The van der Waals surface area contributed by atoms with Gasteiger partial charge in [-0.05, 0) is 26.2 Å². The highest BCUT2D eigenvalue weighted by atomic mass is 31.2. The van der Waals surface area contributed by atoms with Crippen molar-refractivity contribution in [1.29, 1.82) is 0 Å². The highest BCUT2D eigenvalue weighted by Gasteiger charge is 2.24. The van der Waals surface area contributed by atoms with Crippen LogP contribution in [0.2, 0.25) is 0 Å². The molecule has 0 aliphatic heterocycles. The molecule has 0 saturated carbocycles. The summed E-state index contributed by atoms with van der Waals surface area (Å²) >= 11 is 0. The van der Waals surface area contributed by atoms with Crippen LogP contribution in [0.4, 0.5) is 0 Å². The van der Waals surface area contributed by atoms with E-state index in [0.717, 1.165) is 19.3 Å². The number of rotatable bonds is 11. The molecule has 130 valence electrons. The quantitative estimate of drug-likeness (QED) is 0.196. The van der Waals surface area contributed by atoms with E-state index in [9.17, 15) is 9.36 Å². The summed E-state index contributed by atoms with van der Waals surface area (Å²) in [7, 11) is 1.71. The van der Waals surface area contributed by atoms with Gasteiger partial charge in [-0.1, -0.05) is 6.08 Å². The van der Waals surface area contributed by atoms with Crippen molar-refractivity contribution in [3.8, 4) is 0 Å². The van der Waals surface area contributed by atoms with Crippen LogP contribution in [0.15, 0.2) is 12.2 Å². The summed E-state index contributed by atoms with van der Waals surface area (Å²) in [5.41, 5.74) is 0. The maximum absolute atomic E-state index is 11.1. The van der Waals surface area contributed by atoms with Gasteiger partial charge >= 0.3 is 13.8 Å². The second kappa shape index (κ2) is 10.1. The summed E-state index contributed by atoms with van der Waals surface area (Å²) < 4.78 is 20.9. The Morgan fingerprint density at radius 2 is 1.82 bits per heavy atom. The Morgan fingerprint density at radius 1 is 1.18 bits per heavy atom. The molecule has 0 amide bonds. The zero-order valence-electron chi connectivity index (χ0n) is 13.9. The Labute approximate surface area is 132 Å². The minimum Gasteiger partial charge on any atom is -0.463 e. The van der Waals surface area contributed by atoms with Gasteiger partial charge in [-0.25, -0.2) is 9.36 Å². The van der Waals surface area contributed by atoms with Crippen molar-refractivity contribution in [1.82, 2.24) is 0 Å². The zero-order chi connectivity index (χ0) is 17.2. The molecule has 7 nitrogen and oxygen atoms in total. The van der Waals surface area contributed by atoms with Gasteiger partial charge in [0.2, 0.25) is 0 Å². The summed E-state index contributed by atoms with van der Waals surface area (Å²) in [6.45, 7) is 2.17. The Balaban J connectivity index is 4.06. The van der Waals surface area contributed by atoms with Crippen LogP contribution in [0.25, 0.3) is 0 Å². The van der Waals surface area contributed by atoms with E-state index >= 15 is 0 Å². The molecule has 0 saturated heterocycles. The molecule has 0 aromatic rings. The third kappa shape index (κ3) is 11.9. The van der Waals surface area contributed by atoms with Crippen molar-refractivity contribution in [2.45, 2.75) is 38.6 Å². The smallest absolute Gasteiger partial charge is 0.463 e. The lowest BCUT2D eigenvalue weighted by molar-refractivity contribution is -0.896. The van der Waals surface area contributed by atoms with E-state index in [1.165, 1.54) is 6.08 Å². The largest absolute Gasteiger partial charge is 0.469 e. The van der Waals surface area contributed by atoms with Crippen LogP contribution < -0.4 is 0 Å². The van der Waals surface area contributed by atoms with E-state index in [1.807, 2.05) is 21.1 Å². The zero-order valence-corrected chi connectivity index (χ0v) is 14.8. The molecule has 0 radical (unpaired) electrons. The highest BCUT2D eigenvalue weighted by molar-refractivity contribution is 7.46. The van der Waals surface area contributed by atoms with E-state index < -0.39 is 7.82 Å². The SMILES string of the molecule is CC=CC(=O)OCCCCC(CCOP(=O)(O)O)[N+](C)(C)C. The van der Waals surface area contributed by atoms with Crippen LogP contribution in [-0.2, 0) is 18.6 Å². The fourth-order valence-corrected chi connectivity index (χ4v) is 2.41. The van der Waals surface area contributed by atoms with Gasteiger partial charge in [0.15, 0.2) is 0 Å². The van der Waals surface area contributed by atoms with Crippen LogP contribution in [0.1, 0.15) is 32.6 Å². The third-order valence-electron chi connectivity index (χ3n) is 3.28. The molecule has 0 aromatic heterocycles. The molecular weight excluding hydrogens is 309 g/mol. The fourth-order valence-electron chi connectivity index (χ4n) is 2.07. The molecule has 22 heavy (non-hydrogen) atoms. The van der Waals surface area contributed by atoms with Crippen molar-refractivity contribution in [3.63, 3.8) is 0 Å². The van der Waals surface area contributed by atoms with Gasteiger partial charge in [-0.3, -0.25) is 4.52 Å². The second-order valence-corrected chi connectivity index (χ2v) is 7.29. The number of unbranched alkanes of at least 4 members (excludes halogenated alkanes) is 1. The number of hydrogen-bond acceptors (Lipinski definition) is 4. The molecule has 0 aromatic carbocycles. The first-order chi connectivity index (χ1) is 10.1. The van der Waals surface area contributed by atoms with Gasteiger partial charge in [0.25, 0.3) is 0 Å². The molecule has 1 atom stereocenters. The molecule has 0 heterocycles. The lowest BCUT2D eigenvalue weighted by atomic mass is 10.0. The first kappa shape index (κ1) is 21.3. The minimum atomic E-state index is -4.40. The third-order valence-corrected chi connectivity index (χ3v) is 3.80. The van der Waals surface area contributed by atoms with Crippen molar-refractivity contribution in [2.24, 2.45) is 0 Å². The normalized spacial score (nSPS) is 14.3. The lowest BCUT2D eigenvalue weighted by Crippen LogP contribution is -2.45. The van der Waals surface area contributed by atoms with Gasteiger partial charge in [0.05, 0.1) is 40.4 Å². The predicted octanol–water partition coefficient (Wildman–Crippen LogP) is 1.85. The molecular formula is C14H29NO6P+. The van der Waals surface area contributed by atoms with E-state index in [-0.39, 0.29) is 18.6 Å². The van der Waals surface area contributed by atoms with Gasteiger partial charge < -0.3 is 19.0 Å². The van der Waals surface area contributed by atoms with Crippen LogP contribution in [-0.4, -0.2) is 60.6 Å². The van der Waals surface area contributed by atoms with Crippen LogP contribution >= 0.6 is 7.82 Å². The van der Waals surface area contributed by atoms with E-state index in [0.29, 0.717) is 17.5 Å². The van der Waals surface area contributed by atoms with Gasteiger partial charge in [0, 0.05) is 12.5 Å². The standard InChI is InChI=1S/C14H28NO6P/c1-5-8-14(16)20-11-7-6-9-13(15(2,3)4)10-12-21-22(17,18)19/h5,8,13H,6-7,9-12H2,1-4H3,(H-,17,18,19)/p+1. The van der Waals surface area contributed by atoms with Gasteiger partial charge in [-0.15, -0.1) is 0 Å². The number of nitrogens with zero attached hydrogens (tertiary/aromatic N) is 1. The molecule has 2 N–H and O–H groups in total. The maximum Gasteiger partial charge on any atom is 0.469 e.